The van der Waals surface area contributed by atoms with Gasteiger partial charge in [-0.1, -0.05) is 0 Å². The van der Waals surface area contributed by atoms with Gasteiger partial charge in [-0.2, -0.15) is 4.31 Å². The van der Waals surface area contributed by atoms with Crippen LogP contribution in [0.4, 0.5) is 0 Å². The Morgan fingerprint density at radius 1 is 1.10 bits per heavy atom. The van der Waals surface area contributed by atoms with Crippen LogP contribution in [0, 0.1) is 5.92 Å². The summed E-state index contributed by atoms with van der Waals surface area (Å²) in [6.07, 6.45) is 1.79. The summed E-state index contributed by atoms with van der Waals surface area (Å²) in [7, 11) is -0.729. The molecule has 172 valence electrons. The number of carbonyl (C=O) groups is 2. The number of esters is 1. The van der Waals surface area contributed by atoms with Crippen LogP contribution < -0.4 is 4.74 Å². The second-order valence-electron chi connectivity index (χ2n) is 7.67. The number of likely N-dealkylation sites (tertiary alicyclic amines) is 1. The van der Waals surface area contributed by atoms with Gasteiger partial charge in [0.25, 0.3) is 0 Å². The monoisotopic (exact) mass is 454 g/mol. The topological polar surface area (TPSA) is 102 Å². The highest BCUT2D eigenvalue weighted by atomic mass is 32.2. The molecule has 0 radical (unpaired) electrons. The molecule has 0 aliphatic carbocycles. The van der Waals surface area contributed by atoms with E-state index in [1.807, 2.05) is 0 Å². The minimum absolute atomic E-state index is 0.0215. The van der Waals surface area contributed by atoms with E-state index < -0.39 is 10.0 Å². The first-order valence-corrected chi connectivity index (χ1v) is 11.9. The fourth-order valence-electron chi connectivity index (χ4n) is 3.98. The van der Waals surface area contributed by atoms with Crippen molar-refractivity contribution < 1.29 is 32.2 Å². The number of morpholine rings is 1. The predicted molar refractivity (Wildman–Crippen MR) is 112 cm³/mol. The molecule has 0 atom stereocenters. The van der Waals surface area contributed by atoms with Crippen LogP contribution >= 0.6 is 0 Å². The molecule has 1 amide bonds. The number of amides is 1. The third-order valence-corrected chi connectivity index (χ3v) is 7.74. The lowest BCUT2D eigenvalue weighted by atomic mass is 9.96. The molecule has 0 N–H and O–H groups in total. The van der Waals surface area contributed by atoms with Crippen molar-refractivity contribution in [3.8, 4) is 5.75 Å². The average molecular weight is 455 g/mol. The van der Waals surface area contributed by atoms with E-state index in [-0.39, 0.29) is 29.1 Å². The molecule has 2 saturated heterocycles. The number of ether oxygens (including phenoxy) is 3. The molecule has 1 aromatic carbocycles. The number of benzene rings is 1. The van der Waals surface area contributed by atoms with E-state index in [9.17, 15) is 18.0 Å². The van der Waals surface area contributed by atoms with Crippen molar-refractivity contribution in [3.63, 3.8) is 0 Å². The smallest absolute Gasteiger partial charge is 0.308 e. The van der Waals surface area contributed by atoms with Crippen LogP contribution in [0.3, 0.4) is 0 Å². The fraction of sp³-hybridized carbons (Fsp3) is 0.619. The number of carbonyl (C=O) groups excluding carboxylic acids is 2. The molecule has 0 aromatic heterocycles. The molecule has 2 aliphatic rings. The quantitative estimate of drug-likeness (QED) is 0.568. The van der Waals surface area contributed by atoms with Gasteiger partial charge in [0, 0.05) is 32.6 Å². The Morgan fingerprint density at radius 3 is 2.39 bits per heavy atom. The van der Waals surface area contributed by atoms with Gasteiger partial charge in [-0.25, -0.2) is 8.42 Å². The largest absolute Gasteiger partial charge is 0.496 e. The lowest BCUT2D eigenvalue weighted by Gasteiger charge is -2.30. The first-order chi connectivity index (χ1) is 14.9. The Bertz CT molecular complexity index is 889. The van der Waals surface area contributed by atoms with Crippen molar-refractivity contribution >= 4 is 21.9 Å². The summed E-state index contributed by atoms with van der Waals surface area (Å²) >= 11 is 0. The van der Waals surface area contributed by atoms with Crippen LogP contribution in [0.25, 0.3) is 0 Å². The summed E-state index contributed by atoms with van der Waals surface area (Å²) in [6.45, 7) is 2.43. The summed E-state index contributed by atoms with van der Waals surface area (Å²) in [5.74, 6) is 0.149. The van der Waals surface area contributed by atoms with Crippen LogP contribution in [-0.4, -0.2) is 83.1 Å². The van der Waals surface area contributed by atoms with E-state index in [4.69, 9.17) is 14.2 Å². The predicted octanol–water partition coefficient (Wildman–Crippen LogP) is 1.06. The molecule has 2 aliphatic heterocycles. The minimum atomic E-state index is -3.63. The average Bonchev–Trinajstić information content (AvgIpc) is 2.82. The molecular weight excluding hydrogens is 424 g/mol. The standard InChI is InChI=1S/C21H30N2O7S/c1-28-19-5-4-18(31(26,27)23-11-13-30-14-12-23)15-17(19)3-6-20(24)22-9-7-16(8-10-22)21(25)29-2/h4-5,15-16H,3,6-14H2,1-2H3. The zero-order valence-corrected chi connectivity index (χ0v) is 18.9. The Morgan fingerprint density at radius 2 is 1.77 bits per heavy atom. The number of methoxy groups -OCH3 is 2. The molecule has 31 heavy (non-hydrogen) atoms. The molecule has 2 heterocycles. The fourth-order valence-corrected chi connectivity index (χ4v) is 5.44. The zero-order chi connectivity index (χ0) is 22.4. The van der Waals surface area contributed by atoms with E-state index >= 15 is 0 Å². The van der Waals surface area contributed by atoms with Crippen LogP contribution in [0.15, 0.2) is 23.1 Å². The van der Waals surface area contributed by atoms with Crippen LogP contribution in [0.2, 0.25) is 0 Å². The van der Waals surface area contributed by atoms with Gasteiger partial charge in [0.05, 0.1) is 38.2 Å². The van der Waals surface area contributed by atoms with Gasteiger partial charge >= 0.3 is 5.97 Å². The third kappa shape index (κ3) is 5.55. The summed E-state index contributed by atoms with van der Waals surface area (Å²) in [5.41, 5.74) is 0.676. The van der Waals surface area contributed by atoms with E-state index in [0.717, 1.165) is 0 Å². The van der Waals surface area contributed by atoms with Crippen LogP contribution in [0.5, 0.6) is 5.75 Å². The molecule has 3 rings (SSSR count). The normalized spacial score (nSPS) is 18.6. The van der Waals surface area contributed by atoms with Gasteiger partial charge < -0.3 is 19.1 Å². The van der Waals surface area contributed by atoms with Crippen LogP contribution in [0.1, 0.15) is 24.8 Å². The van der Waals surface area contributed by atoms with Gasteiger partial charge in [-0.15, -0.1) is 0 Å². The first-order valence-electron chi connectivity index (χ1n) is 10.5. The zero-order valence-electron chi connectivity index (χ0n) is 18.0. The van der Waals surface area contributed by atoms with E-state index in [0.29, 0.717) is 70.0 Å². The van der Waals surface area contributed by atoms with E-state index in [2.05, 4.69) is 0 Å². The Balaban J connectivity index is 1.65. The minimum Gasteiger partial charge on any atom is -0.496 e. The number of nitrogens with zero attached hydrogens (tertiary/aromatic N) is 2. The lowest BCUT2D eigenvalue weighted by molar-refractivity contribution is -0.148. The second kappa shape index (κ2) is 10.4. The van der Waals surface area contributed by atoms with Crippen LogP contribution in [-0.2, 0) is 35.5 Å². The van der Waals surface area contributed by atoms with Crippen molar-refractivity contribution in [2.45, 2.75) is 30.6 Å². The second-order valence-corrected chi connectivity index (χ2v) is 9.61. The highest BCUT2D eigenvalue weighted by Gasteiger charge is 2.29. The van der Waals surface area contributed by atoms with Crippen molar-refractivity contribution in [2.75, 3.05) is 53.6 Å². The number of rotatable bonds is 7. The molecule has 0 bridgehead atoms. The number of aryl methyl sites for hydroxylation is 1. The summed E-state index contributed by atoms with van der Waals surface area (Å²) in [4.78, 5) is 26.3. The van der Waals surface area contributed by atoms with E-state index in [1.54, 1.807) is 17.0 Å². The Kier molecular flexibility index (Phi) is 7.90. The van der Waals surface area contributed by atoms with Gasteiger partial charge in [-0.05, 0) is 43.0 Å². The molecule has 2 fully saturated rings. The highest BCUT2D eigenvalue weighted by Crippen LogP contribution is 2.27. The van der Waals surface area contributed by atoms with Gasteiger partial charge in [0.1, 0.15) is 5.75 Å². The lowest BCUT2D eigenvalue weighted by Crippen LogP contribution is -2.40. The van der Waals surface area contributed by atoms with Gasteiger partial charge in [-0.3, -0.25) is 9.59 Å². The number of sulfonamides is 1. The third-order valence-electron chi connectivity index (χ3n) is 5.85. The Labute approximate surface area is 183 Å². The molecule has 10 heteroatoms. The summed E-state index contributed by atoms with van der Waals surface area (Å²) < 4.78 is 42.7. The van der Waals surface area contributed by atoms with Crippen molar-refractivity contribution in [2.24, 2.45) is 5.92 Å². The number of hydrogen-bond acceptors (Lipinski definition) is 7. The maximum absolute atomic E-state index is 13.0. The van der Waals surface area contributed by atoms with Gasteiger partial charge in [0.15, 0.2) is 0 Å². The maximum atomic E-state index is 13.0. The maximum Gasteiger partial charge on any atom is 0.308 e. The Hall–Kier alpha value is -2.17. The molecular formula is C21H30N2O7S. The van der Waals surface area contributed by atoms with Gasteiger partial charge in [0.2, 0.25) is 15.9 Å². The number of piperidine rings is 1. The summed E-state index contributed by atoms with van der Waals surface area (Å²) in [5, 5.41) is 0. The highest BCUT2D eigenvalue weighted by molar-refractivity contribution is 7.89. The summed E-state index contributed by atoms with van der Waals surface area (Å²) in [6, 6.07) is 4.77. The molecule has 0 saturated carbocycles. The van der Waals surface area contributed by atoms with Crippen molar-refractivity contribution in [1.29, 1.82) is 0 Å². The molecule has 0 unspecified atom stereocenters. The molecule has 1 aromatic rings. The SMILES string of the molecule is COC(=O)C1CCN(C(=O)CCc2cc(S(=O)(=O)N3CCOCC3)ccc2OC)CC1. The van der Waals surface area contributed by atoms with Crippen molar-refractivity contribution in [3.05, 3.63) is 23.8 Å². The van der Waals surface area contributed by atoms with Crippen molar-refractivity contribution in [1.82, 2.24) is 9.21 Å². The number of hydrogen-bond donors (Lipinski definition) is 0. The first kappa shape index (κ1) is 23.5. The molecule has 0 spiro atoms. The molecule has 9 nitrogen and oxygen atoms in total. The van der Waals surface area contributed by atoms with E-state index in [1.165, 1.54) is 24.6 Å².